The number of carbonyl (C=O) groups is 2. The molecule has 0 atom stereocenters. The summed E-state index contributed by atoms with van der Waals surface area (Å²) in [6.45, 7) is 0. The van der Waals surface area contributed by atoms with Crippen LogP contribution in [0.5, 0.6) is 0 Å². The second-order valence-electron chi connectivity index (χ2n) is 4.64. The fourth-order valence-corrected chi connectivity index (χ4v) is 5.86. The molecule has 6 N–H and O–H groups in total. The van der Waals surface area contributed by atoms with Crippen molar-refractivity contribution in [2.24, 2.45) is 11.7 Å². The molecule has 0 aliphatic carbocycles. The number of benzene rings is 2. The molecule has 2 rings (SSSR count). The largest absolute Gasteiger partial charge is 0.290 e. The molecular weight excluding hydrogens is 462 g/mol. The molecule has 138 valence electrons. The smallest absolute Gasteiger partial charge is 0.266 e. The zero-order valence-corrected chi connectivity index (χ0v) is 17.3. The first-order chi connectivity index (χ1) is 12.3. The Morgan fingerprint density at radius 3 is 1.38 bits per heavy atom. The van der Waals surface area contributed by atoms with Crippen LogP contribution in [-0.2, 0) is 0 Å². The van der Waals surface area contributed by atoms with Crippen LogP contribution in [0.2, 0.25) is 20.1 Å². The van der Waals surface area contributed by atoms with Gasteiger partial charge in [-0.2, -0.15) is 0 Å². The van der Waals surface area contributed by atoms with Gasteiger partial charge in [-0.15, -0.1) is 0 Å². The highest BCUT2D eigenvalue weighted by Crippen LogP contribution is 2.47. The van der Waals surface area contributed by atoms with Crippen LogP contribution >= 0.6 is 68.0 Å². The van der Waals surface area contributed by atoms with E-state index >= 15 is 0 Å². The van der Waals surface area contributed by atoms with E-state index in [4.69, 9.17) is 58.1 Å². The first kappa shape index (κ1) is 21.5. The van der Waals surface area contributed by atoms with Gasteiger partial charge in [0.1, 0.15) is 0 Å². The van der Waals surface area contributed by atoms with E-state index in [2.05, 4.69) is 0 Å². The molecular formula is C14H10Cl4N4O2S2. The summed E-state index contributed by atoms with van der Waals surface area (Å²) >= 11 is 24.3. The highest BCUT2D eigenvalue weighted by atomic mass is 35.5. The summed E-state index contributed by atoms with van der Waals surface area (Å²) in [7, 11) is 2.21. The lowest BCUT2D eigenvalue weighted by molar-refractivity contribution is 0.0943. The van der Waals surface area contributed by atoms with E-state index in [1.54, 1.807) is 0 Å². The third-order valence-electron chi connectivity index (χ3n) is 2.98. The van der Waals surface area contributed by atoms with Crippen molar-refractivity contribution >= 4 is 79.8 Å². The zero-order valence-electron chi connectivity index (χ0n) is 12.6. The first-order valence-corrected chi connectivity index (χ1v) is 10.3. The van der Waals surface area contributed by atoms with Gasteiger partial charge in [-0.05, 0) is 24.3 Å². The molecule has 0 aromatic heterocycles. The van der Waals surface area contributed by atoms with Crippen LogP contribution in [0.15, 0.2) is 34.1 Å². The van der Waals surface area contributed by atoms with Crippen molar-refractivity contribution in [1.82, 2.24) is 10.9 Å². The van der Waals surface area contributed by atoms with Gasteiger partial charge >= 0.3 is 0 Å². The van der Waals surface area contributed by atoms with Gasteiger partial charge in [-0.25, -0.2) is 11.7 Å². The lowest BCUT2D eigenvalue weighted by Crippen LogP contribution is -2.30. The Morgan fingerprint density at radius 2 is 1.08 bits per heavy atom. The molecule has 26 heavy (non-hydrogen) atoms. The topological polar surface area (TPSA) is 110 Å². The van der Waals surface area contributed by atoms with Crippen molar-refractivity contribution < 1.29 is 9.59 Å². The van der Waals surface area contributed by atoms with Crippen LogP contribution in [0, 0.1) is 0 Å². The number of nitrogen functional groups attached to an aromatic ring is 2. The molecule has 12 heteroatoms. The summed E-state index contributed by atoms with van der Waals surface area (Å²) in [6.07, 6.45) is 0. The fraction of sp³-hybridized carbons (Fsp3) is 0. The lowest BCUT2D eigenvalue weighted by Gasteiger charge is -2.13. The standard InChI is InChI=1S/C14H10Cl4N4O2S2/c15-5-1-7(13(23)21-19)11(9(17)3-5)25-26-12-8(14(24)22-20)2-6(16)4-10(12)18/h1-4H,19-20H2,(H,21,23)(H,22,24). The van der Waals surface area contributed by atoms with Crippen molar-refractivity contribution in [2.75, 3.05) is 0 Å². The van der Waals surface area contributed by atoms with Crippen molar-refractivity contribution in [3.63, 3.8) is 0 Å². The van der Waals surface area contributed by atoms with Crippen molar-refractivity contribution in [3.8, 4) is 0 Å². The van der Waals surface area contributed by atoms with Gasteiger partial charge in [0, 0.05) is 10.0 Å². The molecule has 2 aromatic carbocycles. The van der Waals surface area contributed by atoms with E-state index in [9.17, 15) is 9.59 Å². The van der Waals surface area contributed by atoms with Crippen molar-refractivity contribution in [3.05, 3.63) is 55.5 Å². The van der Waals surface area contributed by atoms with E-state index in [0.717, 1.165) is 21.6 Å². The molecule has 6 nitrogen and oxygen atoms in total. The number of nitrogens with two attached hydrogens (primary N) is 2. The van der Waals surface area contributed by atoms with E-state index in [-0.39, 0.29) is 31.2 Å². The van der Waals surface area contributed by atoms with E-state index in [0.29, 0.717) is 9.79 Å². The minimum Gasteiger partial charge on any atom is -0.290 e. The van der Waals surface area contributed by atoms with Crippen molar-refractivity contribution in [2.45, 2.75) is 9.79 Å². The van der Waals surface area contributed by atoms with Gasteiger partial charge < -0.3 is 0 Å². The first-order valence-electron chi connectivity index (χ1n) is 6.63. The van der Waals surface area contributed by atoms with E-state index in [1.807, 2.05) is 10.9 Å². The number of hydrogen-bond donors (Lipinski definition) is 4. The molecule has 0 heterocycles. The molecule has 2 aromatic rings. The van der Waals surface area contributed by atoms with Gasteiger partial charge in [-0.1, -0.05) is 68.0 Å². The Balaban J connectivity index is 2.44. The van der Waals surface area contributed by atoms with Gasteiger partial charge in [0.25, 0.3) is 11.8 Å². The van der Waals surface area contributed by atoms with Crippen LogP contribution in [0.25, 0.3) is 0 Å². The predicted molar refractivity (Wildman–Crippen MR) is 108 cm³/mol. The fourth-order valence-electron chi connectivity index (χ4n) is 1.87. The number of carbonyl (C=O) groups excluding carboxylic acids is 2. The van der Waals surface area contributed by atoms with Crippen LogP contribution in [0.4, 0.5) is 0 Å². The summed E-state index contributed by atoms with van der Waals surface area (Å²) in [6, 6.07) is 5.82. The average Bonchev–Trinajstić information content (AvgIpc) is 2.59. The highest BCUT2D eigenvalue weighted by molar-refractivity contribution is 8.76. The number of rotatable bonds is 5. The number of hydrogen-bond acceptors (Lipinski definition) is 6. The Morgan fingerprint density at radius 1 is 0.731 bits per heavy atom. The van der Waals surface area contributed by atoms with Gasteiger partial charge in [0.05, 0.1) is 31.0 Å². The molecule has 0 radical (unpaired) electrons. The molecule has 0 bridgehead atoms. The normalized spacial score (nSPS) is 10.5. The van der Waals surface area contributed by atoms with Crippen molar-refractivity contribution in [1.29, 1.82) is 0 Å². The van der Waals surface area contributed by atoms with Crippen LogP contribution in [-0.4, -0.2) is 11.8 Å². The minimum absolute atomic E-state index is 0.178. The lowest BCUT2D eigenvalue weighted by atomic mass is 10.2. The third-order valence-corrected chi connectivity index (χ3v) is 6.78. The van der Waals surface area contributed by atoms with Gasteiger partial charge in [0.15, 0.2) is 0 Å². The Hall–Kier alpha value is -0.840. The molecule has 0 spiro atoms. The Kier molecular flexibility index (Phi) is 7.75. The summed E-state index contributed by atoms with van der Waals surface area (Å²) in [5.74, 6) is 9.26. The molecule has 0 saturated carbocycles. The number of nitrogens with one attached hydrogen (secondary N) is 2. The maximum atomic E-state index is 12.0. The number of amides is 2. The minimum atomic E-state index is -0.570. The average molecular weight is 472 g/mol. The molecule has 2 amide bonds. The maximum Gasteiger partial charge on any atom is 0.266 e. The van der Waals surface area contributed by atoms with Gasteiger partial charge in [0.2, 0.25) is 0 Å². The Labute approximate surface area is 176 Å². The molecule has 0 unspecified atom stereocenters. The number of halogens is 4. The molecule has 0 saturated heterocycles. The summed E-state index contributed by atoms with van der Waals surface area (Å²) in [5, 5.41) is 1.03. The second kappa shape index (κ2) is 9.38. The molecule has 0 aliphatic rings. The summed E-state index contributed by atoms with van der Waals surface area (Å²) in [4.78, 5) is 24.8. The highest BCUT2D eigenvalue weighted by Gasteiger charge is 2.20. The quantitative estimate of drug-likeness (QED) is 0.224. The summed E-state index contributed by atoms with van der Waals surface area (Å²) in [5.41, 5.74) is 4.41. The second-order valence-corrected chi connectivity index (χ2v) is 8.48. The summed E-state index contributed by atoms with van der Waals surface area (Å²) < 4.78 is 0. The maximum absolute atomic E-state index is 12.0. The number of hydrazine groups is 2. The monoisotopic (exact) mass is 470 g/mol. The predicted octanol–water partition coefficient (Wildman–Crippen LogP) is 4.31. The van der Waals surface area contributed by atoms with Gasteiger partial charge in [-0.3, -0.25) is 20.4 Å². The molecule has 0 fully saturated rings. The zero-order chi connectivity index (χ0) is 19.4. The van der Waals surface area contributed by atoms with Crippen LogP contribution in [0.1, 0.15) is 20.7 Å². The van der Waals surface area contributed by atoms with E-state index < -0.39 is 11.8 Å². The SMILES string of the molecule is NNC(=O)c1cc(Cl)cc(Cl)c1SSc1c(Cl)cc(Cl)cc1C(=O)NN. The van der Waals surface area contributed by atoms with Crippen LogP contribution < -0.4 is 22.5 Å². The van der Waals surface area contributed by atoms with E-state index in [1.165, 1.54) is 24.3 Å². The van der Waals surface area contributed by atoms with Crippen LogP contribution in [0.3, 0.4) is 0 Å². The molecule has 0 aliphatic heterocycles. The third kappa shape index (κ3) is 4.90. The Bertz CT molecular complexity index is 811.